The van der Waals surface area contributed by atoms with Crippen LogP contribution >= 0.6 is 11.6 Å². The molecule has 0 radical (unpaired) electrons. The Morgan fingerprint density at radius 2 is 2.47 bits per heavy atom. The molecule has 1 aliphatic heterocycles. The molecule has 1 aliphatic rings. The summed E-state index contributed by atoms with van der Waals surface area (Å²) in [6, 6.07) is -0.104. The van der Waals surface area contributed by atoms with Gasteiger partial charge in [-0.1, -0.05) is 0 Å². The van der Waals surface area contributed by atoms with E-state index in [-0.39, 0.29) is 29.4 Å². The van der Waals surface area contributed by atoms with E-state index in [0.29, 0.717) is 13.2 Å². The third-order valence-electron chi connectivity index (χ3n) is 2.90. The van der Waals surface area contributed by atoms with Crippen molar-refractivity contribution < 1.29 is 14.8 Å². The highest BCUT2D eigenvalue weighted by Gasteiger charge is 2.32. The van der Waals surface area contributed by atoms with Crippen molar-refractivity contribution >= 4 is 23.1 Å². The van der Waals surface area contributed by atoms with Crippen LogP contribution in [0.5, 0.6) is 0 Å². The zero-order chi connectivity index (χ0) is 14.0. The van der Waals surface area contributed by atoms with Gasteiger partial charge in [-0.25, -0.2) is 4.98 Å². The maximum atomic E-state index is 11.0. The van der Waals surface area contributed by atoms with Gasteiger partial charge in [0.25, 0.3) is 0 Å². The van der Waals surface area contributed by atoms with E-state index in [1.165, 1.54) is 0 Å². The van der Waals surface area contributed by atoms with Crippen LogP contribution in [0.1, 0.15) is 6.92 Å². The van der Waals surface area contributed by atoms with Crippen LogP contribution in [0.3, 0.4) is 0 Å². The maximum absolute atomic E-state index is 11.0. The quantitative estimate of drug-likeness (QED) is 0.494. The number of halogens is 1. The number of nitrogens with zero attached hydrogens (tertiary/aromatic N) is 4. The number of aliphatic hydroxyl groups excluding tert-OH is 1. The van der Waals surface area contributed by atoms with Gasteiger partial charge in [-0.2, -0.15) is 4.98 Å². The number of aliphatic hydroxyl groups is 1. The van der Waals surface area contributed by atoms with Crippen molar-refractivity contribution in [1.29, 1.82) is 0 Å². The highest BCUT2D eigenvalue weighted by atomic mass is 35.5. The van der Waals surface area contributed by atoms with Gasteiger partial charge < -0.3 is 14.7 Å². The first kappa shape index (κ1) is 13.9. The van der Waals surface area contributed by atoms with Gasteiger partial charge in [0.05, 0.1) is 30.3 Å². The van der Waals surface area contributed by atoms with Gasteiger partial charge in [-0.3, -0.25) is 10.1 Å². The highest BCUT2D eigenvalue weighted by molar-refractivity contribution is 6.28. The first-order chi connectivity index (χ1) is 9.02. The van der Waals surface area contributed by atoms with Crippen molar-refractivity contribution in [2.24, 2.45) is 0 Å². The lowest BCUT2D eigenvalue weighted by atomic mass is 10.2. The molecule has 0 aromatic carbocycles. The molecule has 1 aromatic heterocycles. The molecule has 1 N–H and O–H groups in total. The second-order valence-electron chi connectivity index (χ2n) is 4.24. The first-order valence-electron chi connectivity index (χ1n) is 5.69. The smallest absolute Gasteiger partial charge is 0.329 e. The molecule has 0 aliphatic carbocycles. The first-order valence-corrected chi connectivity index (χ1v) is 6.06. The van der Waals surface area contributed by atoms with E-state index in [0.717, 1.165) is 6.20 Å². The van der Waals surface area contributed by atoms with Crippen molar-refractivity contribution in [2.45, 2.75) is 19.1 Å². The number of nitro groups is 1. The molecule has 8 nitrogen and oxygen atoms in total. The topological polar surface area (TPSA) is 102 Å². The molecule has 1 aromatic rings. The van der Waals surface area contributed by atoms with Gasteiger partial charge in [-0.05, 0) is 18.5 Å². The third-order valence-corrected chi connectivity index (χ3v) is 3.08. The Morgan fingerprint density at radius 3 is 3.11 bits per heavy atom. The van der Waals surface area contributed by atoms with Crippen LogP contribution < -0.4 is 4.90 Å². The second kappa shape index (κ2) is 5.64. The summed E-state index contributed by atoms with van der Waals surface area (Å²) in [4.78, 5) is 19.7. The maximum Gasteiger partial charge on any atom is 0.329 e. The van der Waals surface area contributed by atoms with E-state index < -0.39 is 11.0 Å². The Hall–Kier alpha value is -1.51. The van der Waals surface area contributed by atoms with Gasteiger partial charge in [-0.15, -0.1) is 0 Å². The van der Waals surface area contributed by atoms with Gasteiger partial charge in [0.2, 0.25) is 11.1 Å². The van der Waals surface area contributed by atoms with E-state index in [2.05, 4.69) is 9.97 Å². The van der Waals surface area contributed by atoms with Crippen LogP contribution in [0.4, 0.5) is 11.5 Å². The Bertz CT molecular complexity index is 487. The highest BCUT2D eigenvalue weighted by Crippen LogP contribution is 2.29. The normalized spacial score (nSPS) is 23.4. The van der Waals surface area contributed by atoms with Crippen molar-refractivity contribution in [3.8, 4) is 0 Å². The minimum atomic E-state index is -0.554. The Balaban J connectivity index is 2.38. The third kappa shape index (κ3) is 2.91. The average molecular weight is 289 g/mol. The molecule has 0 bridgehead atoms. The summed E-state index contributed by atoms with van der Waals surface area (Å²) in [5.41, 5.74) is -0.213. The van der Waals surface area contributed by atoms with Crippen molar-refractivity contribution in [3.63, 3.8) is 0 Å². The molecule has 2 rings (SSSR count). The zero-order valence-electron chi connectivity index (χ0n) is 10.2. The summed E-state index contributed by atoms with van der Waals surface area (Å²) < 4.78 is 5.38. The number of anilines is 1. The standard InChI is InChI=1S/C10H13ClN4O4/c1-6-5-19-7(4-16)3-14(6)9-8(15(17)18)2-12-10(11)13-9/h2,6-7,16H,3-5H2,1H3. The number of hydrogen-bond acceptors (Lipinski definition) is 7. The molecule has 9 heteroatoms. The number of hydrogen-bond donors (Lipinski definition) is 1. The van der Waals surface area contributed by atoms with Crippen LogP contribution in [0.15, 0.2) is 6.20 Å². The molecule has 1 fully saturated rings. The fourth-order valence-electron chi connectivity index (χ4n) is 1.91. The lowest BCUT2D eigenvalue weighted by Gasteiger charge is -2.37. The van der Waals surface area contributed by atoms with Crippen LogP contribution in [-0.4, -0.2) is 51.9 Å². The van der Waals surface area contributed by atoms with Crippen LogP contribution in [0.25, 0.3) is 0 Å². The molecule has 104 valence electrons. The second-order valence-corrected chi connectivity index (χ2v) is 4.58. The fraction of sp³-hybridized carbons (Fsp3) is 0.600. The van der Waals surface area contributed by atoms with Gasteiger partial charge in [0, 0.05) is 6.54 Å². The van der Waals surface area contributed by atoms with Gasteiger partial charge in [0.15, 0.2) is 0 Å². The zero-order valence-corrected chi connectivity index (χ0v) is 10.9. The Labute approximate surface area is 114 Å². The van der Waals surface area contributed by atoms with E-state index in [1.807, 2.05) is 6.92 Å². The van der Waals surface area contributed by atoms with Crippen LogP contribution in [0, 0.1) is 10.1 Å². The van der Waals surface area contributed by atoms with Gasteiger partial charge >= 0.3 is 5.69 Å². The molecular formula is C10H13ClN4O4. The number of morpholine rings is 1. The number of aromatic nitrogens is 2. The predicted octanol–water partition coefficient (Wildman–Crippen LogP) is 0.624. The largest absolute Gasteiger partial charge is 0.394 e. The number of rotatable bonds is 3. The van der Waals surface area contributed by atoms with Crippen molar-refractivity contribution in [2.75, 3.05) is 24.7 Å². The van der Waals surface area contributed by atoms with E-state index in [9.17, 15) is 10.1 Å². The monoisotopic (exact) mass is 288 g/mol. The molecule has 0 spiro atoms. The van der Waals surface area contributed by atoms with Crippen molar-refractivity contribution in [1.82, 2.24) is 9.97 Å². The molecule has 2 unspecified atom stereocenters. The molecule has 0 saturated carbocycles. The Morgan fingerprint density at radius 1 is 1.74 bits per heavy atom. The predicted molar refractivity (Wildman–Crippen MR) is 67.3 cm³/mol. The SMILES string of the molecule is CC1COC(CO)CN1c1nc(Cl)ncc1[N+](=O)[O-]. The summed E-state index contributed by atoms with van der Waals surface area (Å²) in [7, 11) is 0. The summed E-state index contributed by atoms with van der Waals surface area (Å²) in [6.07, 6.45) is 0.686. The van der Waals surface area contributed by atoms with Crippen molar-refractivity contribution in [3.05, 3.63) is 21.6 Å². The lowest BCUT2D eigenvalue weighted by Crippen LogP contribution is -2.50. The molecule has 2 atom stereocenters. The lowest BCUT2D eigenvalue weighted by molar-refractivity contribution is -0.384. The Kier molecular flexibility index (Phi) is 4.13. The van der Waals surface area contributed by atoms with E-state index in [4.69, 9.17) is 21.4 Å². The summed E-state index contributed by atoms with van der Waals surface area (Å²) in [5.74, 6) is 0.152. The summed E-state index contributed by atoms with van der Waals surface area (Å²) >= 11 is 5.71. The fourth-order valence-corrected chi connectivity index (χ4v) is 2.04. The average Bonchev–Trinajstić information content (AvgIpc) is 2.38. The minimum Gasteiger partial charge on any atom is -0.394 e. The van der Waals surface area contributed by atoms with E-state index in [1.54, 1.807) is 4.90 Å². The summed E-state index contributed by atoms with van der Waals surface area (Å²) in [6.45, 7) is 2.36. The molecule has 0 amide bonds. The number of ether oxygens (including phenoxy) is 1. The molecule has 2 heterocycles. The molecule has 19 heavy (non-hydrogen) atoms. The van der Waals surface area contributed by atoms with Gasteiger partial charge in [0.1, 0.15) is 6.20 Å². The molecular weight excluding hydrogens is 276 g/mol. The van der Waals surface area contributed by atoms with Crippen LogP contribution in [0.2, 0.25) is 5.28 Å². The van der Waals surface area contributed by atoms with Crippen LogP contribution in [-0.2, 0) is 4.74 Å². The molecule has 1 saturated heterocycles. The minimum absolute atomic E-state index is 0.0557. The summed E-state index contributed by atoms with van der Waals surface area (Å²) in [5, 5.41) is 20.1. The van der Waals surface area contributed by atoms with E-state index >= 15 is 0 Å².